The van der Waals surface area contributed by atoms with Crippen LogP contribution in [0.4, 0.5) is 11.4 Å². The number of nitro benzene ring substituents is 1. The molecule has 126 valence electrons. The third kappa shape index (κ3) is 4.29. The predicted molar refractivity (Wildman–Crippen MR) is 93.4 cm³/mol. The van der Waals surface area contributed by atoms with Gasteiger partial charge in [0.25, 0.3) is 11.6 Å². The minimum absolute atomic E-state index is 0.108. The van der Waals surface area contributed by atoms with Gasteiger partial charge in [-0.25, -0.2) is 0 Å². The standard InChI is InChI=1S/C15H11Cl3N2O4/c1-8-3-2-4-12(20(22)23)14(8)19-13(21)7-24-15-10(17)5-9(16)6-11(15)18/h2-6H,7H2,1H3,(H,19,21). The third-order valence-corrected chi connectivity index (χ3v) is 3.80. The average Bonchev–Trinajstić information content (AvgIpc) is 2.47. The number of nitro groups is 1. The molecule has 0 aliphatic rings. The lowest BCUT2D eigenvalue weighted by atomic mass is 10.1. The summed E-state index contributed by atoms with van der Waals surface area (Å²) in [6, 6.07) is 7.34. The van der Waals surface area contributed by atoms with E-state index in [1.54, 1.807) is 13.0 Å². The van der Waals surface area contributed by atoms with Crippen molar-refractivity contribution in [3.05, 3.63) is 61.1 Å². The van der Waals surface area contributed by atoms with Crippen molar-refractivity contribution in [2.75, 3.05) is 11.9 Å². The molecule has 0 fully saturated rings. The summed E-state index contributed by atoms with van der Waals surface area (Å²) >= 11 is 17.7. The largest absolute Gasteiger partial charge is 0.481 e. The van der Waals surface area contributed by atoms with Crippen LogP contribution < -0.4 is 10.1 Å². The molecule has 0 saturated heterocycles. The lowest BCUT2D eigenvalue weighted by Crippen LogP contribution is -2.21. The van der Waals surface area contributed by atoms with E-state index >= 15 is 0 Å². The smallest absolute Gasteiger partial charge is 0.293 e. The van der Waals surface area contributed by atoms with Gasteiger partial charge in [-0.05, 0) is 24.6 Å². The summed E-state index contributed by atoms with van der Waals surface area (Å²) in [6.07, 6.45) is 0. The molecule has 0 unspecified atom stereocenters. The van der Waals surface area contributed by atoms with Crippen LogP contribution >= 0.6 is 34.8 Å². The fourth-order valence-electron chi connectivity index (χ4n) is 1.95. The quantitative estimate of drug-likeness (QED) is 0.583. The highest BCUT2D eigenvalue weighted by molar-refractivity contribution is 6.40. The number of nitrogens with one attached hydrogen (secondary N) is 1. The van der Waals surface area contributed by atoms with Gasteiger partial charge in [-0.15, -0.1) is 0 Å². The van der Waals surface area contributed by atoms with E-state index in [9.17, 15) is 14.9 Å². The molecule has 1 amide bonds. The fraction of sp³-hybridized carbons (Fsp3) is 0.133. The highest BCUT2D eigenvalue weighted by atomic mass is 35.5. The number of amides is 1. The molecule has 0 radical (unpaired) electrons. The van der Waals surface area contributed by atoms with Crippen molar-refractivity contribution in [3.8, 4) is 5.75 Å². The van der Waals surface area contributed by atoms with Crippen molar-refractivity contribution in [2.45, 2.75) is 6.92 Å². The first-order valence-corrected chi connectivity index (χ1v) is 7.74. The molecule has 0 heterocycles. The van der Waals surface area contributed by atoms with Gasteiger partial charge in [0.1, 0.15) is 5.69 Å². The van der Waals surface area contributed by atoms with E-state index in [4.69, 9.17) is 39.5 Å². The van der Waals surface area contributed by atoms with Gasteiger partial charge in [-0.2, -0.15) is 0 Å². The van der Waals surface area contributed by atoms with E-state index < -0.39 is 17.4 Å². The number of ether oxygens (including phenoxy) is 1. The number of para-hydroxylation sites is 1. The molecule has 2 aromatic carbocycles. The summed E-state index contributed by atoms with van der Waals surface area (Å²) in [6.45, 7) is 1.23. The van der Waals surface area contributed by atoms with Crippen molar-refractivity contribution in [1.29, 1.82) is 0 Å². The average molecular weight is 390 g/mol. The minimum Gasteiger partial charge on any atom is -0.481 e. The minimum atomic E-state index is -0.588. The van der Waals surface area contributed by atoms with Crippen molar-refractivity contribution >= 4 is 52.1 Å². The third-order valence-electron chi connectivity index (χ3n) is 3.02. The Bertz CT molecular complexity index is 788. The Kier molecular flexibility index (Phi) is 5.88. The second kappa shape index (κ2) is 7.70. The number of aryl methyl sites for hydroxylation is 1. The second-order valence-corrected chi connectivity index (χ2v) is 6.01. The van der Waals surface area contributed by atoms with Crippen molar-refractivity contribution in [1.82, 2.24) is 0 Å². The fourth-order valence-corrected chi connectivity index (χ4v) is 2.87. The van der Waals surface area contributed by atoms with Crippen LogP contribution in [0, 0.1) is 17.0 Å². The first-order chi connectivity index (χ1) is 11.3. The van der Waals surface area contributed by atoms with Gasteiger partial charge in [0.2, 0.25) is 0 Å². The molecular formula is C15H11Cl3N2O4. The predicted octanol–water partition coefficient (Wildman–Crippen LogP) is 4.88. The maximum atomic E-state index is 12.0. The molecule has 1 N–H and O–H groups in total. The first-order valence-electron chi connectivity index (χ1n) is 6.60. The molecule has 2 aromatic rings. The van der Waals surface area contributed by atoms with Crippen LogP contribution in [0.2, 0.25) is 15.1 Å². The van der Waals surface area contributed by atoms with E-state index in [2.05, 4.69) is 5.32 Å². The van der Waals surface area contributed by atoms with Crippen LogP contribution in [0.1, 0.15) is 5.56 Å². The van der Waals surface area contributed by atoms with Gasteiger partial charge in [-0.3, -0.25) is 14.9 Å². The molecule has 0 aromatic heterocycles. The van der Waals surface area contributed by atoms with Crippen LogP contribution in [0.3, 0.4) is 0 Å². The Morgan fingerprint density at radius 3 is 2.46 bits per heavy atom. The molecule has 0 bridgehead atoms. The number of carbonyl (C=O) groups is 1. The van der Waals surface area contributed by atoms with Crippen LogP contribution in [0.25, 0.3) is 0 Å². The topological polar surface area (TPSA) is 81.5 Å². The molecule has 0 spiro atoms. The lowest BCUT2D eigenvalue weighted by Gasteiger charge is -2.12. The number of nitrogens with zero attached hydrogens (tertiary/aromatic N) is 1. The molecule has 24 heavy (non-hydrogen) atoms. The summed E-state index contributed by atoms with van der Waals surface area (Å²) in [5.41, 5.74) is 0.468. The maximum Gasteiger partial charge on any atom is 0.293 e. The van der Waals surface area contributed by atoms with Gasteiger partial charge < -0.3 is 10.1 Å². The molecule has 0 saturated carbocycles. The Morgan fingerprint density at radius 2 is 1.88 bits per heavy atom. The number of carbonyl (C=O) groups excluding carboxylic acids is 1. The molecule has 9 heteroatoms. The Balaban J connectivity index is 2.12. The number of benzene rings is 2. The number of anilines is 1. The molecule has 0 aliphatic carbocycles. The van der Waals surface area contributed by atoms with Crippen LogP contribution in [0.15, 0.2) is 30.3 Å². The second-order valence-electron chi connectivity index (χ2n) is 4.76. The van der Waals surface area contributed by atoms with E-state index in [1.165, 1.54) is 24.3 Å². The molecule has 0 aliphatic heterocycles. The first kappa shape index (κ1) is 18.3. The van der Waals surface area contributed by atoms with E-state index in [0.717, 1.165) is 0 Å². The Morgan fingerprint density at radius 1 is 1.25 bits per heavy atom. The zero-order chi connectivity index (χ0) is 17.9. The summed E-state index contributed by atoms with van der Waals surface area (Å²) in [5.74, 6) is -0.480. The van der Waals surface area contributed by atoms with Crippen molar-refractivity contribution in [3.63, 3.8) is 0 Å². The van der Waals surface area contributed by atoms with E-state index in [-0.39, 0.29) is 27.2 Å². The number of hydrogen-bond donors (Lipinski definition) is 1. The molecular weight excluding hydrogens is 379 g/mol. The number of rotatable bonds is 5. The van der Waals surface area contributed by atoms with E-state index in [0.29, 0.717) is 10.6 Å². The van der Waals surface area contributed by atoms with Crippen LogP contribution in [-0.4, -0.2) is 17.4 Å². The van der Waals surface area contributed by atoms with Crippen LogP contribution in [0.5, 0.6) is 5.75 Å². The van der Waals surface area contributed by atoms with Crippen LogP contribution in [-0.2, 0) is 4.79 Å². The normalized spacial score (nSPS) is 10.3. The Labute approximate surface area is 152 Å². The van der Waals surface area contributed by atoms with Crippen molar-refractivity contribution < 1.29 is 14.5 Å². The summed E-state index contributed by atoms with van der Waals surface area (Å²) in [4.78, 5) is 22.5. The SMILES string of the molecule is Cc1cccc([N+](=O)[O-])c1NC(=O)COc1c(Cl)cc(Cl)cc1Cl. The van der Waals surface area contributed by atoms with Gasteiger partial charge in [0, 0.05) is 11.1 Å². The zero-order valence-electron chi connectivity index (χ0n) is 12.3. The van der Waals surface area contributed by atoms with Gasteiger partial charge >= 0.3 is 0 Å². The zero-order valence-corrected chi connectivity index (χ0v) is 14.6. The monoisotopic (exact) mass is 388 g/mol. The molecule has 0 atom stereocenters. The molecule has 2 rings (SSSR count). The highest BCUT2D eigenvalue weighted by Gasteiger charge is 2.18. The lowest BCUT2D eigenvalue weighted by molar-refractivity contribution is -0.384. The summed E-state index contributed by atoms with van der Waals surface area (Å²) in [5, 5.41) is 14.1. The van der Waals surface area contributed by atoms with Gasteiger partial charge in [0.15, 0.2) is 12.4 Å². The summed E-state index contributed by atoms with van der Waals surface area (Å²) < 4.78 is 5.29. The highest BCUT2D eigenvalue weighted by Crippen LogP contribution is 2.35. The molecule has 6 nitrogen and oxygen atoms in total. The van der Waals surface area contributed by atoms with Gasteiger partial charge in [-0.1, -0.05) is 46.9 Å². The maximum absolute atomic E-state index is 12.0. The number of halogens is 3. The van der Waals surface area contributed by atoms with E-state index in [1.807, 2.05) is 0 Å². The number of hydrogen-bond acceptors (Lipinski definition) is 4. The van der Waals surface area contributed by atoms with Crippen molar-refractivity contribution in [2.24, 2.45) is 0 Å². The summed E-state index contributed by atoms with van der Waals surface area (Å²) in [7, 11) is 0. The van der Waals surface area contributed by atoms with Gasteiger partial charge in [0.05, 0.1) is 15.0 Å². The Hall–Kier alpha value is -2.02.